The molecule has 0 aliphatic carbocycles. The molecule has 0 aromatic heterocycles. The highest BCUT2D eigenvalue weighted by Gasteiger charge is 2.29. The van der Waals surface area contributed by atoms with Crippen LogP contribution in [0.25, 0.3) is 0 Å². The van der Waals surface area contributed by atoms with E-state index in [2.05, 4.69) is 23.7 Å². The van der Waals surface area contributed by atoms with Crippen molar-refractivity contribution in [2.75, 3.05) is 26.7 Å². The topological polar surface area (TPSA) is 15.3 Å². The van der Waals surface area contributed by atoms with Crippen LogP contribution in [0, 0.1) is 12.3 Å². The highest BCUT2D eigenvalue weighted by Crippen LogP contribution is 2.27. The Hall–Kier alpha value is -0.0800. The van der Waals surface area contributed by atoms with Crippen LogP contribution in [-0.2, 0) is 0 Å². The third-order valence-electron chi connectivity index (χ3n) is 3.27. The van der Waals surface area contributed by atoms with Crippen molar-refractivity contribution in [3.8, 4) is 0 Å². The molecule has 2 aliphatic heterocycles. The average molecular weight is 167 g/mol. The van der Waals surface area contributed by atoms with Crippen molar-refractivity contribution in [2.45, 2.75) is 25.3 Å². The molecule has 2 aliphatic rings. The molecule has 2 heteroatoms. The molecule has 2 rings (SSSR count). The summed E-state index contributed by atoms with van der Waals surface area (Å²) in [6.45, 7) is 3.72. The van der Waals surface area contributed by atoms with Crippen LogP contribution in [0.4, 0.5) is 0 Å². The van der Waals surface area contributed by atoms with Crippen LogP contribution in [0.3, 0.4) is 0 Å². The molecule has 0 amide bonds. The van der Waals surface area contributed by atoms with Gasteiger partial charge in [0.2, 0.25) is 0 Å². The van der Waals surface area contributed by atoms with Crippen molar-refractivity contribution in [1.29, 1.82) is 0 Å². The fourth-order valence-electron chi connectivity index (χ4n) is 2.52. The van der Waals surface area contributed by atoms with Gasteiger partial charge in [-0.1, -0.05) is 0 Å². The summed E-state index contributed by atoms with van der Waals surface area (Å²) in [5, 5.41) is 3.42. The molecular weight excluding hydrogens is 148 g/mol. The molecule has 2 fully saturated rings. The smallest absolute Gasteiger partial charge is 0.0153 e. The monoisotopic (exact) mass is 167 g/mol. The number of rotatable bonds is 1. The van der Waals surface area contributed by atoms with E-state index >= 15 is 0 Å². The number of nitrogens with one attached hydrogen (secondary N) is 1. The fourth-order valence-corrected chi connectivity index (χ4v) is 2.52. The first-order chi connectivity index (χ1) is 5.88. The molecule has 2 nitrogen and oxygen atoms in total. The number of likely N-dealkylation sites (tertiary alicyclic amines) is 1. The summed E-state index contributed by atoms with van der Waals surface area (Å²) in [4.78, 5) is 2.51. The van der Waals surface area contributed by atoms with E-state index in [-0.39, 0.29) is 0 Å². The molecule has 12 heavy (non-hydrogen) atoms. The standard InChI is InChI=1S/C10H19N2/c1-12-8-2-3-10(12)9-4-6-11-7-5-9/h3,9-11H,2,4-8H2,1H3. The van der Waals surface area contributed by atoms with Gasteiger partial charge in [0, 0.05) is 6.04 Å². The minimum absolute atomic E-state index is 0.784. The molecule has 1 unspecified atom stereocenters. The van der Waals surface area contributed by atoms with E-state index in [0.29, 0.717) is 0 Å². The quantitative estimate of drug-likeness (QED) is 0.624. The van der Waals surface area contributed by atoms with Crippen molar-refractivity contribution < 1.29 is 0 Å². The molecule has 1 radical (unpaired) electrons. The molecule has 0 bridgehead atoms. The second-order valence-electron chi connectivity index (χ2n) is 4.08. The lowest BCUT2D eigenvalue weighted by atomic mass is 9.89. The number of piperidine rings is 1. The summed E-state index contributed by atoms with van der Waals surface area (Å²) in [5.41, 5.74) is 0. The number of hydrogen-bond donors (Lipinski definition) is 1. The van der Waals surface area contributed by atoms with Crippen LogP contribution in [0.2, 0.25) is 0 Å². The summed E-state index contributed by atoms with van der Waals surface area (Å²) in [6.07, 6.45) is 6.54. The molecule has 1 atom stereocenters. The highest BCUT2D eigenvalue weighted by atomic mass is 15.2. The van der Waals surface area contributed by atoms with Crippen LogP contribution in [0.1, 0.15) is 19.3 Å². The first-order valence-corrected chi connectivity index (χ1v) is 5.12. The maximum atomic E-state index is 3.42. The second-order valence-corrected chi connectivity index (χ2v) is 4.08. The van der Waals surface area contributed by atoms with Gasteiger partial charge in [-0.15, -0.1) is 0 Å². The summed E-state index contributed by atoms with van der Waals surface area (Å²) in [7, 11) is 2.26. The Morgan fingerprint density at radius 1 is 1.33 bits per heavy atom. The van der Waals surface area contributed by atoms with Crippen LogP contribution in [0.15, 0.2) is 0 Å². The molecule has 1 N–H and O–H groups in total. The summed E-state index contributed by atoms with van der Waals surface area (Å²) in [5.74, 6) is 0.929. The summed E-state index contributed by atoms with van der Waals surface area (Å²) < 4.78 is 0. The van der Waals surface area contributed by atoms with Crippen LogP contribution >= 0.6 is 0 Å². The Labute approximate surface area is 75.3 Å². The van der Waals surface area contributed by atoms with Crippen LogP contribution in [0.5, 0.6) is 0 Å². The zero-order valence-corrected chi connectivity index (χ0v) is 7.92. The summed E-state index contributed by atoms with van der Waals surface area (Å²) in [6, 6.07) is 0.784. The Morgan fingerprint density at radius 2 is 2.08 bits per heavy atom. The maximum absolute atomic E-state index is 3.42. The van der Waals surface area contributed by atoms with Gasteiger partial charge in [0.1, 0.15) is 0 Å². The molecule has 0 saturated carbocycles. The van der Waals surface area contributed by atoms with Gasteiger partial charge in [-0.05, 0) is 58.3 Å². The van der Waals surface area contributed by atoms with Gasteiger partial charge in [-0.3, -0.25) is 0 Å². The normalized spacial score (nSPS) is 34.2. The fraction of sp³-hybridized carbons (Fsp3) is 0.900. The first-order valence-electron chi connectivity index (χ1n) is 5.12. The SMILES string of the molecule is CN1CC[CH]C1C1CCNCC1. The minimum atomic E-state index is 0.784. The van der Waals surface area contributed by atoms with Crippen molar-refractivity contribution in [1.82, 2.24) is 10.2 Å². The molecule has 69 valence electrons. The van der Waals surface area contributed by atoms with Gasteiger partial charge in [-0.25, -0.2) is 0 Å². The van der Waals surface area contributed by atoms with E-state index in [4.69, 9.17) is 0 Å². The van der Waals surface area contributed by atoms with Crippen LogP contribution < -0.4 is 5.32 Å². The zero-order chi connectivity index (χ0) is 8.39. The number of nitrogens with zero attached hydrogens (tertiary/aromatic N) is 1. The van der Waals surface area contributed by atoms with E-state index in [1.807, 2.05) is 0 Å². The first kappa shape index (κ1) is 8.52. The van der Waals surface area contributed by atoms with E-state index < -0.39 is 0 Å². The van der Waals surface area contributed by atoms with Gasteiger partial charge >= 0.3 is 0 Å². The molecule has 0 spiro atoms. The zero-order valence-electron chi connectivity index (χ0n) is 7.92. The molecule has 0 aromatic carbocycles. The summed E-state index contributed by atoms with van der Waals surface area (Å²) >= 11 is 0. The third-order valence-corrected chi connectivity index (χ3v) is 3.27. The van der Waals surface area contributed by atoms with Crippen LogP contribution in [-0.4, -0.2) is 37.6 Å². The second kappa shape index (κ2) is 3.75. The molecular formula is C10H19N2. The third kappa shape index (κ3) is 1.64. The van der Waals surface area contributed by atoms with Gasteiger partial charge in [0.25, 0.3) is 0 Å². The lowest BCUT2D eigenvalue weighted by molar-refractivity contribution is 0.210. The largest absolute Gasteiger partial charge is 0.317 e. The van der Waals surface area contributed by atoms with Gasteiger partial charge in [0.05, 0.1) is 0 Å². The predicted octanol–water partition coefficient (Wildman–Crippen LogP) is 0.894. The highest BCUT2D eigenvalue weighted by molar-refractivity contribution is 4.96. The van der Waals surface area contributed by atoms with Crippen molar-refractivity contribution in [3.63, 3.8) is 0 Å². The van der Waals surface area contributed by atoms with Gasteiger partial charge < -0.3 is 10.2 Å². The molecule has 2 heterocycles. The Morgan fingerprint density at radius 3 is 2.67 bits per heavy atom. The Kier molecular flexibility index (Phi) is 2.66. The Balaban J connectivity index is 1.89. The lowest BCUT2D eigenvalue weighted by Gasteiger charge is -2.32. The number of hydrogen-bond acceptors (Lipinski definition) is 2. The van der Waals surface area contributed by atoms with Crippen molar-refractivity contribution in [2.24, 2.45) is 5.92 Å². The van der Waals surface area contributed by atoms with Gasteiger partial charge in [-0.2, -0.15) is 0 Å². The van der Waals surface area contributed by atoms with Gasteiger partial charge in [0.15, 0.2) is 0 Å². The molecule has 0 aromatic rings. The average Bonchev–Trinajstić information content (AvgIpc) is 2.53. The van der Waals surface area contributed by atoms with E-state index in [1.54, 1.807) is 0 Å². The minimum Gasteiger partial charge on any atom is -0.317 e. The predicted molar refractivity (Wildman–Crippen MR) is 50.9 cm³/mol. The molecule has 2 saturated heterocycles. The van der Waals surface area contributed by atoms with E-state index in [1.165, 1.54) is 38.9 Å². The van der Waals surface area contributed by atoms with E-state index in [0.717, 1.165) is 12.0 Å². The van der Waals surface area contributed by atoms with E-state index in [9.17, 15) is 0 Å². The Bertz CT molecular complexity index is 141. The maximum Gasteiger partial charge on any atom is 0.0153 e. The van der Waals surface area contributed by atoms with Crippen molar-refractivity contribution >= 4 is 0 Å². The lowest BCUT2D eigenvalue weighted by Crippen LogP contribution is -2.39. The van der Waals surface area contributed by atoms with Crippen molar-refractivity contribution in [3.05, 3.63) is 6.42 Å².